The van der Waals surface area contributed by atoms with Crippen LogP contribution in [0.3, 0.4) is 0 Å². The van der Waals surface area contributed by atoms with Crippen LogP contribution in [-0.4, -0.2) is 10.9 Å². The summed E-state index contributed by atoms with van der Waals surface area (Å²) < 4.78 is 13.6. The number of aryl methyl sites for hydroxylation is 1. The van der Waals surface area contributed by atoms with Crippen molar-refractivity contribution in [3.05, 3.63) is 62.2 Å². The molecule has 1 heterocycles. The Morgan fingerprint density at radius 2 is 2.05 bits per heavy atom. The van der Waals surface area contributed by atoms with E-state index in [1.165, 1.54) is 24.3 Å². The summed E-state index contributed by atoms with van der Waals surface area (Å²) in [5, 5.41) is 2.48. The third-order valence-electron chi connectivity index (χ3n) is 2.48. The van der Waals surface area contributed by atoms with E-state index in [2.05, 4.69) is 26.2 Å². The van der Waals surface area contributed by atoms with Gasteiger partial charge in [0.15, 0.2) is 0 Å². The van der Waals surface area contributed by atoms with Gasteiger partial charge in [0.05, 0.1) is 5.69 Å². The SMILES string of the molecule is Cc1ccc(C(=O)Nc2cc(F)ccc2Br)c(=O)[nH]1. The minimum Gasteiger partial charge on any atom is -0.326 e. The number of aromatic amines is 1. The lowest BCUT2D eigenvalue weighted by molar-refractivity contribution is 0.102. The summed E-state index contributed by atoms with van der Waals surface area (Å²) in [6.07, 6.45) is 0. The van der Waals surface area contributed by atoms with Crippen LogP contribution in [0.15, 0.2) is 39.6 Å². The molecule has 0 saturated heterocycles. The molecule has 1 aromatic heterocycles. The molecule has 0 aliphatic carbocycles. The van der Waals surface area contributed by atoms with E-state index in [1.54, 1.807) is 13.0 Å². The predicted octanol–water partition coefficient (Wildman–Crippen LogP) is 2.84. The van der Waals surface area contributed by atoms with Crippen LogP contribution in [0.5, 0.6) is 0 Å². The summed E-state index contributed by atoms with van der Waals surface area (Å²) in [5.41, 5.74) is 0.422. The van der Waals surface area contributed by atoms with E-state index in [-0.39, 0.29) is 11.3 Å². The van der Waals surface area contributed by atoms with Crippen LogP contribution < -0.4 is 10.9 Å². The van der Waals surface area contributed by atoms with Gasteiger partial charge in [0.1, 0.15) is 11.4 Å². The number of halogens is 2. The standard InChI is InChI=1S/C13H10BrFN2O2/c1-7-2-4-9(12(18)16-7)13(19)17-11-6-8(15)3-5-10(11)14/h2-6H,1H3,(H,16,18)(H,17,19). The first-order valence-corrected chi connectivity index (χ1v) is 6.23. The van der Waals surface area contributed by atoms with Crippen molar-refractivity contribution in [1.29, 1.82) is 0 Å². The molecule has 6 heteroatoms. The van der Waals surface area contributed by atoms with Gasteiger partial charge in [-0.1, -0.05) is 0 Å². The second-order valence-corrected chi connectivity index (χ2v) is 4.82. The number of rotatable bonds is 2. The highest BCUT2D eigenvalue weighted by Crippen LogP contribution is 2.23. The van der Waals surface area contributed by atoms with E-state index < -0.39 is 17.3 Å². The molecular weight excluding hydrogens is 315 g/mol. The van der Waals surface area contributed by atoms with E-state index in [9.17, 15) is 14.0 Å². The number of pyridine rings is 1. The smallest absolute Gasteiger partial charge is 0.261 e. The number of amides is 1. The van der Waals surface area contributed by atoms with Gasteiger partial charge in [-0.05, 0) is 53.2 Å². The first-order valence-electron chi connectivity index (χ1n) is 5.43. The van der Waals surface area contributed by atoms with Crippen LogP contribution >= 0.6 is 15.9 Å². The number of H-pyrrole nitrogens is 1. The normalized spacial score (nSPS) is 10.3. The Labute approximate surface area is 116 Å². The Morgan fingerprint density at radius 3 is 2.74 bits per heavy atom. The molecule has 0 unspecified atom stereocenters. The van der Waals surface area contributed by atoms with Crippen LogP contribution in [0, 0.1) is 12.7 Å². The van der Waals surface area contributed by atoms with Crippen molar-refractivity contribution in [3.8, 4) is 0 Å². The summed E-state index contributed by atoms with van der Waals surface area (Å²) in [4.78, 5) is 26.1. The second-order valence-electron chi connectivity index (χ2n) is 3.96. The Kier molecular flexibility index (Phi) is 3.80. The molecule has 1 aromatic carbocycles. The Hall–Kier alpha value is -1.95. The fraction of sp³-hybridized carbons (Fsp3) is 0.0769. The maximum absolute atomic E-state index is 13.1. The molecule has 0 atom stereocenters. The fourth-order valence-corrected chi connectivity index (χ4v) is 1.88. The quantitative estimate of drug-likeness (QED) is 0.892. The maximum atomic E-state index is 13.1. The molecule has 0 aliphatic heterocycles. The molecule has 2 rings (SSSR count). The van der Waals surface area contributed by atoms with E-state index in [1.807, 2.05) is 0 Å². The van der Waals surface area contributed by atoms with Crippen LogP contribution in [0.1, 0.15) is 16.1 Å². The number of hydrogen-bond acceptors (Lipinski definition) is 2. The topological polar surface area (TPSA) is 62.0 Å². The van der Waals surface area contributed by atoms with Gasteiger partial charge in [-0.25, -0.2) is 4.39 Å². The number of carbonyl (C=O) groups is 1. The molecule has 2 aromatic rings. The molecule has 0 spiro atoms. The van der Waals surface area contributed by atoms with Crippen LogP contribution in [0.2, 0.25) is 0 Å². The summed E-state index contributed by atoms with van der Waals surface area (Å²) >= 11 is 3.19. The van der Waals surface area contributed by atoms with Gasteiger partial charge in [-0.3, -0.25) is 9.59 Å². The minimum absolute atomic E-state index is 0.0261. The van der Waals surface area contributed by atoms with E-state index in [0.717, 1.165) is 0 Å². The van der Waals surface area contributed by atoms with Gasteiger partial charge in [0, 0.05) is 10.2 Å². The van der Waals surface area contributed by atoms with Gasteiger partial charge >= 0.3 is 0 Å². The van der Waals surface area contributed by atoms with E-state index in [0.29, 0.717) is 10.2 Å². The van der Waals surface area contributed by atoms with Crippen molar-refractivity contribution in [2.24, 2.45) is 0 Å². The number of benzene rings is 1. The lowest BCUT2D eigenvalue weighted by Crippen LogP contribution is -2.23. The molecule has 19 heavy (non-hydrogen) atoms. The molecule has 1 amide bonds. The van der Waals surface area contributed by atoms with Gasteiger partial charge in [-0.2, -0.15) is 0 Å². The lowest BCUT2D eigenvalue weighted by atomic mass is 10.2. The number of carbonyl (C=O) groups excluding carboxylic acids is 1. The van der Waals surface area contributed by atoms with E-state index in [4.69, 9.17) is 0 Å². The Balaban J connectivity index is 2.31. The number of hydrogen-bond donors (Lipinski definition) is 2. The summed E-state index contributed by atoms with van der Waals surface area (Å²) in [7, 11) is 0. The summed E-state index contributed by atoms with van der Waals surface area (Å²) in [5.74, 6) is -1.07. The van der Waals surface area contributed by atoms with Gasteiger partial charge in [-0.15, -0.1) is 0 Å². The Bertz CT molecular complexity index is 697. The van der Waals surface area contributed by atoms with Gasteiger partial charge in [0.2, 0.25) is 0 Å². The largest absolute Gasteiger partial charge is 0.326 e. The summed E-state index contributed by atoms with van der Waals surface area (Å²) in [6.45, 7) is 1.71. The zero-order valence-electron chi connectivity index (χ0n) is 9.96. The average molecular weight is 325 g/mol. The highest BCUT2D eigenvalue weighted by Gasteiger charge is 2.12. The van der Waals surface area contributed by atoms with Crippen molar-refractivity contribution in [1.82, 2.24) is 4.98 Å². The van der Waals surface area contributed by atoms with E-state index >= 15 is 0 Å². The highest BCUT2D eigenvalue weighted by atomic mass is 79.9. The molecule has 2 N–H and O–H groups in total. The van der Waals surface area contributed by atoms with Crippen molar-refractivity contribution in [2.45, 2.75) is 6.92 Å². The zero-order valence-corrected chi connectivity index (χ0v) is 11.5. The second kappa shape index (κ2) is 5.36. The number of anilines is 1. The molecule has 0 saturated carbocycles. The lowest BCUT2D eigenvalue weighted by Gasteiger charge is -2.07. The van der Waals surface area contributed by atoms with Gasteiger partial charge in [0.25, 0.3) is 11.5 Å². The molecular formula is C13H10BrFN2O2. The van der Waals surface area contributed by atoms with Crippen molar-refractivity contribution < 1.29 is 9.18 Å². The minimum atomic E-state index is -0.590. The Morgan fingerprint density at radius 1 is 1.32 bits per heavy atom. The van der Waals surface area contributed by atoms with Crippen molar-refractivity contribution in [3.63, 3.8) is 0 Å². The first kappa shape index (κ1) is 13.5. The van der Waals surface area contributed by atoms with Crippen molar-refractivity contribution in [2.75, 3.05) is 5.32 Å². The van der Waals surface area contributed by atoms with Gasteiger partial charge < -0.3 is 10.3 Å². The van der Waals surface area contributed by atoms with Crippen LogP contribution in [-0.2, 0) is 0 Å². The number of nitrogens with one attached hydrogen (secondary N) is 2. The summed E-state index contributed by atoms with van der Waals surface area (Å²) in [6, 6.07) is 6.96. The highest BCUT2D eigenvalue weighted by molar-refractivity contribution is 9.10. The van der Waals surface area contributed by atoms with Crippen LogP contribution in [0.25, 0.3) is 0 Å². The van der Waals surface area contributed by atoms with Crippen molar-refractivity contribution >= 4 is 27.5 Å². The average Bonchev–Trinajstić information content (AvgIpc) is 2.33. The zero-order chi connectivity index (χ0) is 14.0. The monoisotopic (exact) mass is 324 g/mol. The molecule has 0 radical (unpaired) electrons. The third-order valence-corrected chi connectivity index (χ3v) is 3.17. The fourth-order valence-electron chi connectivity index (χ4n) is 1.53. The van der Waals surface area contributed by atoms with Crippen LogP contribution in [0.4, 0.5) is 10.1 Å². The molecule has 0 aliphatic rings. The molecule has 98 valence electrons. The third kappa shape index (κ3) is 3.08. The maximum Gasteiger partial charge on any atom is 0.261 e. The molecule has 0 bridgehead atoms. The first-order chi connectivity index (χ1) is 8.97. The molecule has 0 fully saturated rings. The number of aromatic nitrogens is 1. The molecule has 4 nitrogen and oxygen atoms in total. The predicted molar refractivity (Wildman–Crippen MR) is 73.9 cm³/mol.